The van der Waals surface area contributed by atoms with E-state index in [1.54, 1.807) is 13.0 Å². The summed E-state index contributed by atoms with van der Waals surface area (Å²) in [6.07, 6.45) is 1.71. The second-order valence-corrected chi connectivity index (χ2v) is 5.58. The van der Waals surface area contributed by atoms with E-state index < -0.39 is 15.3 Å². The lowest BCUT2D eigenvalue weighted by Crippen LogP contribution is -2.41. The highest BCUT2D eigenvalue weighted by Gasteiger charge is 2.26. The van der Waals surface area contributed by atoms with E-state index in [-0.39, 0.29) is 11.5 Å². The van der Waals surface area contributed by atoms with Crippen molar-refractivity contribution in [3.05, 3.63) is 18.0 Å². The van der Waals surface area contributed by atoms with Crippen molar-refractivity contribution >= 4 is 27.2 Å². The van der Waals surface area contributed by atoms with E-state index in [9.17, 15) is 8.42 Å². The number of sulfonamides is 1. The van der Waals surface area contributed by atoms with Crippen molar-refractivity contribution in [1.29, 1.82) is 0 Å². The molecule has 8 heteroatoms. The zero-order valence-corrected chi connectivity index (χ0v) is 10.3. The lowest BCUT2D eigenvalue weighted by Gasteiger charge is -2.14. The highest BCUT2D eigenvalue weighted by Crippen LogP contribution is 2.06. The number of aromatic nitrogens is 1. The quantitative estimate of drug-likeness (QED) is 0.709. The number of nitrogens with zero attached hydrogens (tertiary/aromatic N) is 1. The van der Waals surface area contributed by atoms with E-state index in [0.29, 0.717) is 12.1 Å². The third-order valence-electron chi connectivity index (χ3n) is 2.01. The second-order valence-electron chi connectivity index (χ2n) is 3.16. The molecule has 1 atom stereocenters. The van der Waals surface area contributed by atoms with E-state index >= 15 is 0 Å². The van der Waals surface area contributed by atoms with Crippen LogP contribution in [0.1, 0.15) is 19.0 Å². The number of thiocarbonyl (C=S) groups is 1. The molecule has 0 bridgehead atoms. The molecule has 0 aliphatic rings. The van der Waals surface area contributed by atoms with Gasteiger partial charge in [0.2, 0.25) is 10.0 Å². The molecule has 1 rings (SSSR count). The molecule has 0 saturated carbocycles. The summed E-state index contributed by atoms with van der Waals surface area (Å²) in [6, 6.07) is 1.57. The van der Waals surface area contributed by atoms with Crippen LogP contribution in [0, 0.1) is 0 Å². The highest BCUT2D eigenvalue weighted by molar-refractivity contribution is 7.93. The molecule has 0 aromatic carbocycles. The third kappa shape index (κ3) is 3.26. The SMILES string of the molecule is CCC(C(N)=S)S(=O)(=O)NCc1ccon1. The zero-order chi connectivity index (χ0) is 12.2. The van der Waals surface area contributed by atoms with Gasteiger partial charge >= 0.3 is 0 Å². The lowest BCUT2D eigenvalue weighted by atomic mass is 10.3. The van der Waals surface area contributed by atoms with Gasteiger partial charge in [0, 0.05) is 6.07 Å². The standard InChI is InChI=1S/C8H13N3O3S2/c1-2-7(8(9)15)16(12,13)10-5-6-3-4-14-11-6/h3-4,7,10H,2,5H2,1H3,(H2,9,15). The van der Waals surface area contributed by atoms with Crippen LogP contribution in [0.2, 0.25) is 0 Å². The Morgan fingerprint density at radius 1 is 1.75 bits per heavy atom. The van der Waals surface area contributed by atoms with Gasteiger partial charge in [-0.15, -0.1) is 0 Å². The topological polar surface area (TPSA) is 98.2 Å². The van der Waals surface area contributed by atoms with Crippen LogP contribution in [-0.2, 0) is 16.6 Å². The van der Waals surface area contributed by atoms with Gasteiger partial charge in [0.15, 0.2) is 0 Å². The predicted molar refractivity (Wildman–Crippen MR) is 63.1 cm³/mol. The average molecular weight is 263 g/mol. The van der Waals surface area contributed by atoms with Crippen LogP contribution in [0.25, 0.3) is 0 Å². The Morgan fingerprint density at radius 2 is 2.44 bits per heavy atom. The van der Waals surface area contributed by atoms with Crippen molar-refractivity contribution < 1.29 is 12.9 Å². The third-order valence-corrected chi connectivity index (χ3v) is 4.33. The van der Waals surface area contributed by atoms with Crippen molar-refractivity contribution in [2.45, 2.75) is 25.1 Å². The van der Waals surface area contributed by atoms with Gasteiger partial charge in [0.05, 0.1) is 17.2 Å². The van der Waals surface area contributed by atoms with Gasteiger partial charge in [0.1, 0.15) is 11.5 Å². The lowest BCUT2D eigenvalue weighted by molar-refractivity contribution is 0.411. The minimum absolute atomic E-state index is 0.0323. The Labute approximate surface area is 99.2 Å². The molecule has 16 heavy (non-hydrogen) atoms. The molecule has 90 valence electrons. The van der Waals surface area contributed by atoms with Crippen LogP contribution in [0.15, 0.2) is 16.9 Å². The Kier molecular flexibility index (Phi) is 4.39. The molecule has 0 saturated heterocycles. The van der Waals surface area contributed by atoms with Gasteiger partial charge in [-0.3, -0.25) is 0 Å². The first-order valence-corrected chi connectivity index (χ1v) is 6.60. The summed E-state index contributed by atoms with van der Waals surface area (Å²) in [4.78, 5) is -0.0323. The van der Waals surface area contributed by atoms with E-state index in [1.165, 1.54) is 6.26 Å². The van der Waals surface area contributed by atoms with Gasteiger partial charge in [-0.05, 0) is 6.42 Å². The second kappa shape index (κ2) is 5.37. The molecule has 0 aliphatic heterocycles. The summed E-state index contributed by atoms with van der Waals surface area (Å²) in [5.74, 6) is 0. The fourth-order valence-corrected chi connectivity index (χ4v) is 3.02. The summed E-state index contributed by atoms with van der Waals surface area (Å²) in [6.45, 7) is 1.77. The molecule has 1 unspecified atom stereocenters. The van der Waals surface area contributed by atoms with Crippen LogP contribution in [0.4, 0.5) is 0 Å². The summed E-state index contributed by atoms with van der Waals surface area (Å²) in [5, 5.41) is 2.73. The van der Waals surface area contributed by atoms with Gasteiger partial charge in [-0.2, -0.15) is 0 Å². The van der Waals surface area contributed by atoms with Crippen molar-refractivity contribution in [1.82, 2.24) is 9.88 Å². The van der Waals surface area contributed by atoms with Crippen LogP contribution >= 0.6 is 12.2 Å². The number of nitrogens with one attached hydrogen (secondary N) is 1. The van der Waals surface area contributed by atoms with Gasteiger partial charge < -0.3 is 10.3 Å². The Morgan fingerprint density at radius 3 is 2.88 bits per heavy atom. The Hall–Kier alpha value is -0.990. The summed E-state index contributed by atoms with van der Waals surface area (Å²) in [7, 11) is -3.55. The molecule has 3 N–H and O–H groups in total. The predicted octanol–water partition coefficient (Wildman–Crippen LogP) is 0.159. The van der Waals surface area contributed by atoms with Crippen molar-refractivity contribution in [3.63, 3.8) is 0 Å². The first kappa shape index (κ1) is 13.1. The average Bonchev–Trinajstić information content (AvgIpc) is 2.67. The van der Waals surface area contributed by atoms with Crippen LogP contribution in [0.5, 0.6) is 0 Å². The zero-order valence-electron chi connectivity index (χ0n) is 8.71. The van der Waals surface area contributed by atoms with Crippen LogP contribution < -0.4 is 10.5 Å². The molecule has 0 radical (unpaired) electrons. The van der Waals surface area contributed by atoms with Gasteiger partial charge in [0.25, 0.3) is 0 Å². The molecular formula is C8H13N3O3S2. The summed E-state index contributed by atoms with van der Waals surface area (Å²) >= 11 is 4.70. The highest BCUT2D eigenvalue weighted by atomic mass is 32.2. The molecule has 0 amide bonds. The van der Waals surface area contributed by atoms with Crippen molar-refractivity contribution in [2.75, 3.05) is 0 Å². The smallest absolute Gasteiger partial charge is 0.221 e. The monoisotopic (exact) mass is 263 g/mol. The number of nitrogens with two attached hydrogens (primary N) is 1. The number of hydrogen-bond acceptors (Lipinski definition) is 5. The number of rotatable bonds is 6. The first-order chi connectivity index (χ1) is 7.47. The maximum absolute atomic E-state index is 11.8. The molecular weight excluding hydrogens is 250 g/mol. The molecule has 1 aromatic rings. The normalized spacial score (nSPS) is 13.6. The number of hydrogen-bond donors (Lipinski definition) is 2. The fourth-order valence-electron chi connectivity index (χ4n) is 1.18. The maximum Gasteiger partial charge on any atom is 0.221 e. The minimum atomic E-state index is -3.55. The Balaban J connectivity index is 2.67. The van der Waals surface area contributed by atoms with E-state index in [1.807, 2.05) is 0 Å². The van der Waals surface area contributed by atoms with Crippen LogP contribution in [0.3, 0.4) is 0 Å². The van der Waals surface area contributed by atoms with E-state index in [4.69, 9.17) is 18.0 Å². The molecule has 0 spiro atoms. The molecule has 6 nitrogen and oxygen atoms in total. The summed E-state index contributed by atoms with van der Waals surface area (Å²) < 4.78 is 30.5. The van der Waals surface area contributed by atoms with Crippen LogP contribution in [-0.4, -0.2) is 23.8 Å². The summed E-state index contributed by atoms with van der Waals surface area (Å²) in [5.41, 5.74) is 5.86. The van der Waals surface area contributed by atoms with Crippen molar-refractivity contribution in [3.8, 4) is 0 Å². The van der Waals surface area contributed by atoms with Gasteiger partial charge in [-0.25, -0.2) is 13.1 Å². The van der Waals surface area contributed by atoms with Crippen molar-refractivity contribution in [2.24, 2.45) is 5.73 Å². The molecule has 0 aliphatic carbocycles. The van der Waals surface area contributed by atoms with E-state index in [0.717, 1.165) is 0 Å². The van der Waals surface area contributed by atoms with Gasteiger partial charge in [-0.1, -0.05) is 24.3 Å². The maximum atomic E-state index is 11.8. The molecule has 0 fully saturated rings. The Bertz CT molecular complexity index is 441. The molecule has 1 aromatic heterocycles. The minimum Gasteiger partial charge on any atom is -0.392 e. The first-order valence-electron chi connectivity index (χ1n) is 4.64. The largest absolute Gasteiger partial charge is 0.392 e. The molecule has 1 heterocycles. The fraction of sp³-hybridized carbons (Fsp3) is 0.500. The van der Waals surface area contributed by atoms with E-state index in [2.05, 4.69) is 14.4 Å².